The van der Waals surface area contributed by atoms with E-state index in [1.807, 2.05) is 18.2 Å². The van der Waals surface area contributed by atoms with E-state index in [9.17, 15) is 0 Å². The number of hydrogen-bond acceptors (Lipinski definition) is 4. The summed E-state index contributed by atoms with van der Waals surface area (Å²) in [6, 6.07) is 5.88. The molecule has 4 heteroatoms. The van der Waals surface area contributed by atoms with Crippen LogP contribution in [0.25, 0.3) is 0 Å². The first-order valence-corrected chi connectivity index (χ1v) is 6.81. The van der Waals surface area contributed by atoms with Crippen LogP contribution in [0, 0.1) is 0 Å². The zero-order chi connectivity index (χ0) is 13.9. The number of methoxy groups -OCH3 is 1. The predicted molar refractivity (Wildman–Crippen MR) is 76.6 cm³/mol. The summed E-state index contributed by atoms with van der Waals surface area (Å²) in [5.74, 6) is 1.56. The third-order valence-corrected chi connectivity index (χ3v) is 3.67. The Balaban J connectivity index is 2.21. The minimum Gasteiger partial charge on any atom is -0.493 e. The molecular weight excluding hydrogens is 240 g/mol. The number of piperidine rings is 1. The highest BCUT2D eigenvalue weighted by Gasteiger charge is 2.32. The zero-order valence-corrected chi connectivity index (χ0v) is 12.1. The van der Waals surface area contributed by atoms with Crippen molar-refractivity contribution in [3.05, 3.63) is 23.8 Å². The van der Waals surface area contributed by atoms with E-state index in [-0.39, 0.29) is 5.60 Å². The van der Waals surface area contributed by atoms with Gasteiger partial charge in [0.25, 0.3) is 0 Å². The Morgan fingerprint density at radius 1 is 1.37 bits per heavy atom. The van der Waals surface area contributed by atoms with Gasteiger partial charge in [-0.1, -0.05) is 6.07 Å². The van der Waals surface area contributed by atoms with E-state index < -0.39 is 0 Å². The quantitative estimate of drug-likeness (QED) is 0.904. The molecule has 0 bridgehead atoms. The van der Waals surface area contributed by atoms with Crippen molar-refractivity contribution in [1.29, 1.82) is 0 Å². The smallest absolute Gasteiger partial charge is 0.162 e. The van der Waals surface area contributed by atoms with Gasteiger partial charge in [-0.15, -0.1) is 0 Å². The minimum absolute atomic E-state index is 0.159. The fourth-order valence-electron chi connectivity index (χ4n) is 2.73. The maximum absolute atomic E-state index is 6.26. The van der Waals surface area contributed by atoms with Gasteiger partial charge in [0.15, 0.2) is 11.5 Å². The lowest BCUT2D eigenvalue weighted by molar-refractivity contribution is 0.0136. The van der Waals surface area contributed by atoms with Crippen LogP contribution in [0.4, 0.5) is 0 Å². The third-order valence-electron chi connectivity index (χ3n) is 3.67. The number of nitrogens with zero attached hydrogens (tertiary/aromatic N) is 1. The molecule has 0 aromatic heterocycles. The Morgan fingerprint density at radius 2 is 2.16 bits per heavy atom. The average Bonchev–Trinajstić information content (AvgIpc) is 2.37. The van der Waals surface area contributed by atoms with E-state index in [1.54, 1.807) is 7.11 Å². The van der Waals surface area contributed by atoms with E-state index >= 15 is 0 Å². The molecule has 1 aliphatic rings. The second-order valence-corrected chi connectivity index (χ2v) is 5.58. The second kappa shape index (κ2) is 5.80. The summed E-state index contributed by atoms with van der Waals surface area (Å²) in [6.07, 6.45) is 2.22. The molecular formula is C15H24N2O2. The van der Waals surface area contributed by atoms with Gasteiger partial charge in [-0.25, -0.2) is 0 Å². The first kappa shape index (κ1) is 14.2. The predicted octanol–water partition coefficient (Wildman–Crippen LogP) is 2.02. The van der Waals surface area contributed by atoms with Crippen LogP contribution >= 0.6 is 0 Å². The van der Waals surface area contributed by atoms with Crippen molar-refractivity contribution >= 4 is 0 Å². The summed E-state index contributed by atoms with van der Waals surface area (Å²) in [6.45, 7) is 4.75. The molecule has 19 heavy (non-hydrogen) atoms. The summed E-state index contributed by atoms with van der Waals surface area (Å²) in [5, 5.41) is 0. The lowest BCUT2D eigenvalue weighted by atomic mass is 9.95. The standard InChI is InChI=1S/C15H24N2O2/c1-15(7-4-8-17(2)11-15)19-14-9-12(10-16)5-6-13(14)18-3/h5-6,9H,4,7-8,10-11,16H2,1-3H3. The molecule has 1 atom stereocenters. The van der Waals surface area contributed by atoms with Gasteiger partial charge in [-0.3, -0.25) is 0 Å². The summed E-state index contributed by atoms with van der Waals surface area (Å²) in [5.41, 5.74) is 6.59. The molecule has 106 valence electrons. The monoisotopic (exact) mass is 264 g/mol. The molecule has 1 aromatic carbocycles. The Kier molecular flexibility index (Phi) is 4.32. The zero-order valence-electron chi connectivity index (χ0n) is 12.1. The molecule has 2 rings (SSSR count). The number of ether oxygens (including phenoxy) is 2. The largest absolute Gasteiger partial charge is 0.493 e. The van der Waals surface area contributed by atoms with Crippen LogP contribution in [0.2, 0.25) is 0 Å². The van der Waals surface area contributed by atoms with Gasteiger partial charge in [-0.05, 0) is 51.1 Å². The Morgan fingerprint density at radius 3 is 2.79 bits per heavy atom. The van der Waals surface area contributed by atoms with E-state index in [0.29, 0.717) is 6.54 Å². The van der Waals surface area contributed by atoms with Crippen LogP contribution in [-0.4, -0.2) is 37.7 Å². The molecule has 0 saturated carbocycles. The van der Waals surface area contributed by atoms with Gasteiger partial charge in [0.05, 0.1) is 7.11 Å². The molecule has 0 spiro atoms. The summed E-state index contributed by atoms with van der Waals surface area (Å²) < 4.78 is 11.6. The van der Waals surface area contributed by atoms with E-state index in [0.717, 1.165) is 43.0 Å². The highest BCUT2D eigenvalue weighted by molar-refractivity contribution is 5.43. The highest BCUT2D eigenvalue weighted by atomic mass is 16.5. The lowest BCUT2D eigenvalue weighted by Gasteiger charge is -2.39. The molecule has 0 aliphatic carbocycles. The molecule has 1 aliphatic heterocycles. The van der Waals surface area contributed by atoms with Crippen molar-refractivity contribution in [2.45, 2.75) is 31.9 Å². The SMILES string of the molecule is COc1ccc(CN)cc1OC1(C)CCCN(C)C1. The minimum atomic E-state index is -0.159. The Hall–Kier alpha value is -1.26. The molecule has 1 fully saturated rings. The third kappa shape index (κ3) is 3.39. The molecule has 0 radical (unpaired) electrons. The van der Waals surface area contributed by atoms with Crippen molar-refractivity contribution in [2.24, 2.45) is 5.73 Å². The molecule has 1 heterocycles. The number of nitrogens with two attached hydrogens (primary N) is 1. The number of benzene rings is 1. The second-order valence-electron chi connectivity index (χ2n) is 5.58. The van der Waals surface area contributed by atoms with Crippen LogP contribution in [0.15, 0.2) is 18.2 Å². The molecule has 2 N–H and O–H groups in total. The fourth-order valence-corrected chi connectivity index (χ4v) is 2.73. The van der Waals surface area contributed by atoms with E-state index in [4.69, 9.17) is 15.2 Å². The van der Waals surface area contributed by atoms with E-state index in [1.165, 1.54) is 0 Å². The van der Waals surface area contributed by atoms with Crippen molar-refractivity contribution in [3.63, 3.8) is 0 Å². The van der Waals surface area contributed by atoms with Crippen molar-refractivity contribution in [3.8, 4) is 11.5 Å². The van der Waals surface area contributed by atoms with Gasteiger partial charge in [0.2, 0.25) is 0 Å². The Bertz CT molecular complexity index is 436. The van der Waals surface area contributed by atoms with Gasteiger partial charge in [0, 0.05) is 13.1 Å². The van der Waals surface area contributed by atoms with Gasteiger partial charge < -0.3 is 20.1 Å². The molecule has 1 unspecified atom stereocenters. The fraction of sp³-hybridized carbons (Fsp3) is 0.600. The summed E-state index contributed by atoms with van der Waals surface area (Å²) in [4.78, 5) is 2.31. The normalized spacial score (nSPS) is 24.2. The average molecular weight is 264 g/mol. The number of rotatable bonds is 4. The van der Waals surface area contributed by atoms with Crippen LogP contribution in [0.3, 0.4) is 0 Å². The molecule has 1 aromatic rings. The van der Waals surface area contributed by atoms with Crippen molar-refractivity contribution in [1.82, 2.24) is 4.90 Å². The molecule has 1 saturated heterocycles. The maximum atomic E-state index is 6.26. The molecule has 4 nitrogen and oxygen atoms in total. The van der Waals surface area contributed by atoms with Crippen LogP contribution in [0.5, 0.6) is 11.5 Å². The first-order valence-electron chi connectivity index (χ1n) is 6.81. The van der Waals surface area contributed by atoms with Crippen LogP contribution < -0.4 is 15.2 Å². The van der Waals surface area contributed by atoms with Gasteiger partial charge >= 0.3 is 0 Å². The van der Waals surface area contributed by atoms with Crippen molar-refractivity contribution < 1.29 is 9.47 Å². The van der Waals surface area contributed by atoms with Crippen LogP contribution in [0.1, 0.15) is 25.3 Å². The van der Waals surface area contributed by atoms with Gasteiger partial charge in [0.1, 0.15) is 5.60 Å². The molecule has 0 amide bonds. The maximum Gasteiger partial charge on any atom is 0.162 e. The summed E-state index contributed by atoms with van der Waals surface area (Å²) >= 11 is 0. The van der Waals surface area contributed by atoms with Gasteiger partial charge in [-0.2, -0.15) is 0 Å². The topological polar surface area (TPSA) is 47.7 Å². The number of likely N-dealkylation sites (tertiary alicyclic amines) is 1. The number of likely N-dealkylation sites (N-methyl/N-ethyl adjacent to an activating group) is 1. The van der Waals surface area contributed by atoms with E-state index in [2.05, 4.69) is 18.9 Å². The lowest BCUT2D eigenvalue weighted by Crippen LogP contribution is -2.48. The van der Waals surface area contributed by atoms with Crippen molar-refractivity contribution in [2.75, 3.05) is 27.2 Å². The Labute approximate surface area is 115 Å². The summed E-state index contributed by atoms with van der Waals surface area (Å²) in [7, 11) is 3.80. The highest BCUT2D eigenvalue weighted by Crippen LogP contribution is 2.34. The first-order chi connectivity index (χ1) is 9.06. The van der Waals surface area contributed by atoms with Crippen LogP contribution in [-0.2, 0) is 6.54 Å². The number of hydrogen-bond donors (Lipinski definition) is 1.